The number of esters is 1. The molecule has 4 nitrogen and oxygen atoms in total. The van der Waals surface area contributed by atoms with Crippen LogP contribution >= 0.6 is 11.8 Å². The third-order valence-corrected chi connectivity index (χ3v) is 6.24. The predicted molar refractivity (Wildman–Crippen MR) is 113 cm³/mol. The van der Waals surface area contributed by atoms with Crippen LogP contribution in [-0.4, -0.2) is 11.1 Å². The minimum atomic E-state index is -0.911. The number of aryl methyl sites for hydroxylation is 1. The molecule has 1 aromatic heterocycles. The Morgan fingerprint density at radius 1 is 0.966 bits per heavy atom. The molecule has 1 atom stereocenters. The molecule has 1 N–H and O–H groups in total. The molecule has 1 unspecified atom stereocenters. The summed E-state index contributed by atoms with van der Waals surface area (Å²) in [5.74, 6) is 1.03. The minimum Gasteiger partial charge on any atom is -0.511 e. The van der Waals surface area contributed by atoms with Crippen molar-refractivity contribution in [3.63, 3.8) is 0 Å². The first-order valence-corrected chi connectivity index (χ1v) is 10.5. The molecule has 0 spiro atoms. The van der Waals surface area contributed by atoms with Crippen LogP contribution in [0.1, 0.15) is 29.7 Å². The van der Waals surface area contributed by atoms with E-state index in [1.165, 1.54) is 11.8 Å². The summed E-state index contributed by atoms with van der Waals surface area (Å²) in [7, 11) is 0. The first-order valence-electron chi connectivity index (χ1n) is 9.56. The second-order valence-corrected chi connectivity index (χ2v) is 8.04. The second kappa shape index (κ2) is 8.62. The van der Waals surface area contributed by atoms with Crippen molar-refractivity contribution in [2.24, 2.45) is 0 Å². The number of thioether (sulfide) groups is 1. The number of cyclic esters (lactones) is 1. The fourth-order valence-corrected chi connectivity index (χ4v) is 4.47. The maximum Gasteiger partial charge on any atom is 0.348 e. The Bertz CT molecular complexity index is 980. The maximum atomic E-state index is 12.9. The molecule has 1 aliphatic rings. The number of hydrogen-bond acceptors (Lipinski definition) is 5. The summed E-state index contributed by atoms with van der Waals surface area (Å²) in [6.07, 6.45) is 3.01. The molecule has 1 aliphatic heterocycles. The monoisotopic (exact) mass is 406 g/mol. The molecular formula is C24H22O4S. The molecule has 0 radical (unpaired) electrons. The third kappa shape index (κ3) is 4.40. The van der Waals surface area contributed by atoms with E-state index in [4.69, 9.17) is 9.15 Å². The summed E-state index contributed by atoms with van der Waals surface area (Å²) in [6, 6.07) is 23.2. The molecule has 0 saturated heterocycles. The summed E-state index contributed by atoms with van der Waals surface area (Å²) in [5.41, 5.74) is 1.05. The van der Waals surface area contributed by atoms with Crippen LogP contribution in [0.3, 0.4) is 0 Å². The molecule has 0 saturated carbocycles. The van der Waals surface area contributed by atoms with Crippen LogP contribution in [0.2, 0.25) is 0 Å². The number of hydrogen-bond donors (Lipinski definition) is 1. The number of aliphatic hydroxyl groups excluding tert-OH is 1. The van der Waals surface area contributed by atoms with E-state index in [2.05, 4.69) is 0 Å². The van der Waals surface area contributed by atoms with Gasteiger partial charge in [0.25, 0.3) is 0 Å². The van der Waals surface area contributed by atoms with E-state index in [1.807, 2.05) is 72.8 Å². The summed E-state index contributed by atoms with van der Waals surface area (Å²) in [5, 5.41) is 10.8. The summed E-state index contributed by atoms with van der Waals surface area (Å²) in [6.45, 7) is 0. The zero-order chi connectivity index (χ0) is 20.1. The quantitative estimate of drug-likeness (QED) is 0.506. The van der Waals surface area contributed by atoms with Crippen molar-refractivity contribution in [2.75, 3.05) is 0 Å². The zero-order valence-corrected chi connectivity index (χ0v) is 16.7. The molecule has 148 valence electrons. The van der Waals surface area contributed by atoms with Crippen molar-refractivity contribution in [1.29, 1.82) is 0 Å². The first kappa shape index (κ1) is 19.4. The smallest absolute Gasteiger partial charge is 0.348 e. The highest BCUT2D eigenvalue weighted by molar-refractivity contribution is 8.03. The van der Waals surface area contributed by atoms with Gasteiger partial charge in [0.05, 0.1) is 12.7 Å². The Morgan fingerprint density at radius 2 is 1.69 bits per heavy atom. The van der Waals surface area contributed by atoms with Crippen molar-refractivity contribution < 1.29 is 19.1 Å². The summed E-state index contributed by atoms with van der Waals surface area (Å²) in [4.78, 5) is 13.2. The fourth-order valence-electron chi connectivity index (χ4n) is 3.57. The minimum absolute atomic E-state index is 0.0884. The van der Waals surface area contributed by atoms with Crippen molar-refractivity contribution in [3.05, 3.63) is 107 Å². The van der Waals surface area contributed by atoms with Crippen LogP contribution in [-0.2, 0) is 27.3 Å². The van der Waals surface area contributed by atoms with Crippen LogP contribution < -0.4 is 0 Å². The number of benzene rings is 2. The van der Waals surface area contributed by atoms with Gasteiger partial charge in [0.15, 0.2) is 0 Å². The van der Waals surface area contributed by atoms with Gasteiger partial charge in [-0.05, 0) is 29.7 Å². The van der Waals surface area contributed by atoms with Crippen LogP contribution in [0.5, 0.6) is 0 Å². The molecule has 0 aliphatic carbocycles. The number of furan rings is 1. The summed E-state index contributed by atoms with van der Waals surface area (Å²) >= 11 is 1.32. The van der Waals surface area contributed by atoms with E-state index in [0.29, 0.717) is 23.5 Å². The van der Waals surface area contributed by atoms with Gasteiger partial charge < -0.3 is 14.3 Å². The van der Waals surface area contributed by atoms with Gasteiger partial charge in [-0.15, -0.1) is 11.8 Å². The molecule has 0 amide bonds. The van der Waals surface area contributed by atoms with E-state index in [9.17, 15) is 9.90 Å². The van der Waals surface area contributed by atoms with Crippen LogP contribution in [0.15, 0.2) is 94.1 Å². The van der Waals surface area contributed by atoms with Crippen LogP contribution in [0.4, 0.5) is 0 Å². The largest absolute Gasteiger partial charge is 0.511 e. The van der Waals surface area contributed by atoms with E-state index < -0.39 is 11.6 Å². The van der Waals surface area contributed by atoms with Crippen LogP contribution in [0, 0.1) is 0 Å². The SMILES string of the molecule is O=C1OC(CCc2ccco2)(c2ccccc2)CC(O)=C1SCc1ccccc1. The predicted octanol–water partition coefficient (Wildman–Crippen LogP) is 5.76. The van der Waals surface area contributed by atoms with E-state index in [1.54, 1.807) is 6.26 Å². The first-order chi connectivity index (χ1) is 14.2. The Balaban J connectivity index is 1.58. The Morgan fingerprint density at radius 3 is 2.34 bits per heavy atom. The Labute approximate surface area is 174 Å². The number of carbonyl (C=O) groups excluding carboxylic acids is 1. The van der Waals surface area contributed by atoms with Gasteiger partial charge in [-0.1, -0.05) is 60.7 Å². The molecule has 3 aromatic rings. The molecule has 2 aromatic carbocycles. The highest BCUT2D eigenvalue weighted by Gasteiger charge is 2.43. The highest BCUT2D eigenvalue weighted by atomic mass is 32.2. The van der Waals surface area contributed by atoms with Gasteiger partial charge >= 0.3 is 5.97 Å². The van der Waals surface area contributed by atoms with Crippen molar-refractivity contribution >= 4 is 17.7 Å². The van der Waals surface area contributed by atoms with E-state index in [-0.39, 0.29) is 12.2 Å². The number of ether oxygens (including phenoxy) is 1. The van der Waals surface area contributed by atoms with Gasteiger partial charge in [0.2, 0.25) is 0 Å². The topological polar surface area (TPSA) is 59.7 Å². The lowest BCUT2D eigenvalue weighted by atomic mass is 9.83. The van der Waals surface area contributed by atoms with Gasteiger partial charge in [0.1, 0.15) is 22.0 Å². The van der Waals surface area contributed by atoms with Gasteiger partial charge in [0, 0.05) is 12.2 Å². The molecule has 4 rings (SSSR count). The van der Waals surface area contributed by atoms with Crippen molar-refractivity contribution in [1.82, 2.24) is 0 Å². The van der Waals surface area contributed by atoms with Crippen molar-refractivity contribution in [2.45, 2.75) is 30.6 Å². The van der Waals surface area contributed by atoms with E-state index in [0.717, 1.165) is 16.9 Å². The Hall–Kier alpha value is -2.92. The van der Waals surface area contributed by atoms with Gasteiger partial charge in [-0.3, -0.25) is 0 Å². The normalized spacial score (nSPS) is 19.2. The zero-order valence-electron chi connectivity index (χ0n) is 15.9. The van der Waals surface area contributed by atoms with E-state index >= 15 is 0 Å². The highest BCUT2D eigenvalue weighted by Crippen LogP contribution is 2.44. The molecule has 0 fully saturated rings. The second-order valence-electron chi connectivity index (χ2n) is 7.06. The average molecular weight is 407 g/mol. The molecule has 0 bridgehead atoms. The van der Waals surface area contributed by atoms with Gasteiger partial charge in [-0.2, -0.15) is 0 Å². The van der Waals surface area contributed by atoms with Gasteiger partial charge in [-0.25, -0.2) is 4.79 Å². The average Bonchev–Trinajstić information content (AvgIpc) is 3.27. The Kier molecular flexibility index (Phi) is 5.76. The third-order valence-electron chi connectivity index (χ3n) is 5.07. The van der Waals surface area contributed by atoms with Crippen molar-refractivity contribution in [3.8, 4) is 0 Å². The number of aliphatic hydroxyl groups is 1. The molecular weight excluding hydrogens is 384 g/mol. The summed E-state index contributed by atoms with van der Waals surface area (Å²) < 4.78 is 11.5. The lowest BCUT2D eigenvalue weighted by Gasteiger charge is -2.37. The lowest BCUT2D eigenvalue weighted by Crippen LogP contribution is -2.38. The standard InChI is InChI=1S/C24H22O4S/c25-21-16-24(19-10-5-2-6-11-19,14-13-20-12-7-15-27-20)28-23(26)22(21)29-17-18-8-3-1-4-9-18/h1-12,15,25H,13-14,16-17H2. The molecule has 5 heteroatoms. The number of carbonyl (C=O) groups is 1. The number of rotatable bonds is 7. The fraction of sp³-hybridized carbons (Fsp3) is 0.208. The van der Waals surface area contributed by atoms with Crippen LogP contribution in [0.25, 0.3) is 0 Å². The molecule has 29 heavy (non-hydrogen) atoms. The molecule has 2 heterocycles. The maximum absolute atomic E-state index is 12.9. The lowest BCUT2D eigenvalue weighted by molar-refractivity contribution is -0.160.